The van der Waals surface area contributed by atoms with E-state index in [1.165, 1.54) is 28.9 Å². The van der Waals surface area contributed by atoms with Gasteiger partial charge in [-0.3, -0.25) is 0 Å². The van der Waals surface area contributed by atoms with Gasteiger partial charge in [-0.1, -0.05) is 29.8 Å². The first-order valence-electron chi connectivity index (χ1n) is 6.81. The number of aliphatic hydroxyl groups is 1. The predicted octanol–water partition coefficient (Wildman–Crippen LogP) is 2.08. The van der Waals surface area contributed by atoms with Crippen molar-refractivity contribution in [1.82, 2.24) is 10.2 Å². The van der Waals surface area contributed by atoms with E-state index in [2.05, 4.69) is 36.5 Å². The minimum atomic E-state index is -0.119. The van der Waals surface area contributed by atoms with Crippen molar-refractivity contribution in [2.24, 2.45) is 5.92 Å². The lowest BCUT2D eigenvalue weighted by atomic mass is 10.0. The number of rotatable bonds is 5. The zero-order chi connectivity index (χ0) is 13.8. The number of nitrogens with one attached hydrogen (secondary N) is 1. The van der Waals surface area contributed by atoms with Crippen LogP contribution in [0.2, 0.25) is 0 Å². The zero-order valence-corrected chi connectivity index (χ0v) is 11.6. The van der Waals surface area contributed by atoms with Crippen LogP contribution in [0.1, 0.15) is 30.0 Å². The molecule has 104 valence electrons. The molecular weight excluding hydrogens is 240 g/mol. The Morgan fingerprint density at radius 1 is 1.42 bits per heavy atom. The molecule has 2 N–H and O–H groups in total. The Kier molecular flexibility index (Phi) is 4.43. The van der Waals surface area contributed by atoms with E-state index in [1.54, 1.807) is 7.05 Å². The lowest BCUT2D eigenvalue weighted by molar-refractivity contribution is 0.186. The number of hydrogen-bond acceptors (Lipinski definition) is 2. The second-order valence-electron chi connectivity index (χ2n) is 5.32. The van der Waals surface area contributed by atoms with Crippen molar-refractivity contribution in [3.63, 3.8) is 0 Å². The molecule has 2 amide bonds. The molecule has 1 fully saturated rings. The van der Waals surface area contributed by atoms with E-state index in [0.717, 1.165) is 0 Å². The highest BCUT2D eigenvalue weighted by molar-refractivity contribution is 5.74. The number of carbonyl (C=O) groups excluding carboxylic acids is 1. The van der Waals surface area contributed by atoms with Crippen molar-refractivity contribution in [3.8, 4) is 0 Å². The largest absolute Gasteiger partial charge is 0.395 e. The van der Waals surface area contributed by atoms with Crippen LogP contribution in [0.25, 0.3) is 0 Å². The third-order valence-corrected chi connectivity index (χ3v) is 3.59. The molecule has 19 heavy (non-hydrogen) atoms. The first kappa shape index (κ1) is 13.9. The maximum atomic E-state index is 12.0. The molecule has 2 rings (SSSR count). The van der Waals surface area contributed by atoms with Crippen LogP contribution < -0.4 is 5.32 Å². The van der Waals surface area contributed by atoms with Crippen LogP contribution in [0, 0.1) is 12.8 Å². The maximum absolute atomic E-state index is 12.0. The van der Waals surface area contributed by atoms with E-state index in [-0.39, 0.29) is 18.7 Å². The van der Waals surface area contributed by atoms with Crippen LogP contribution in [0.5, 0.6) is 0 Å². The molecule has 1 aliphatic rings. The fraction of sp³-hybridized carbons (Fsp3) is 0.533. The van der Waals surface area contributed by atoms with Gasteiger partial charge in [0.1, 0.15) is 0 Å². The minimum absolute atomic E-state index is 0.0114. The van der Waals surface area contributed by atoms with Crippen molar-refractivity contribution in [2.75, 3.05) is 20.2 Å². The number of hydrogen-bond donors (Lipinski definition) is 2. The van der Waals surface area contributed by atoms with Gasteiger partial charge in [0.2, 0.25) is 0 Å². The van der Waals surface area contributed by atoms with Gasteiger partial charge in [-0.2, -0.15) is 0 Å². The second kappa shape index (κ2) is 6.06. The van der Waals surface area contributed by atoms with Crippen LogP contribution >= 0.6 is 0 Å². The standard InChI is InChI=1S/C15H22N2O2/c1-11-3-5-12(6-4-11)14(13-7-8-13)16-15(19)17(2)9-10-18/h3-6,13-14,18H,7-10H2,1-2H3,(H,16,19). The summed E-state index contributed by atoms with van der Waals surface area (Å²) in [5.41, 5.74) is 2.39. The van der Waals surface area contributed by atoms with Gasteiger partial charge in [-0.05, 0) is 31.2 Å². The highest BCUT2D eigenvalue weighted by atomic mass is 16.3. The smallest absolute Gasteiger partial charge is 0.317 e. The highest BCUT2D eigenvalue weighted by Crippen LogP contribution is 2.41. The van der Waals surface area contributed by atoms with Gasteiger partial charge >= 0.3 is 6.03 Å². The normalized spacial score (nSPS) is 15.9. The lowest BCUT2D eigenvalue weighted by Crippen LogP contribution is -2.41. The molecule has 1 aliphatic carbocycles. The Morgan fingerprint density at radius 3 is 2.58 bits per heavy atom. The average molecular weight is 262 g/mol. The molecule has 4 nitrogen and oxygen atoms in total. The fourth-order valence-electron chi connectivity index (χ4n) is 2.17. The van der Waals surface area contributed by atoms with Crippen molar-refractivity contribution in [1.29, 1.82) is 0 Å². The fourth-order valence-corrected chi connectivity index (χ4v) is 2.17. The number of aliphatic hydroxyl groups excluding tert-OH is 1. The molecule has 1 unspecified atom stereocenters. The molecule has 0 aliphatic heterocycles. The van der Waals surface area contributed by atoms with Crippen molar-refractivity contribution >= 4 is 6.03 Å². The van der Waals surface area contributed by atoms with Gasteiger partial charge in [0.05, 0.1) is 12.6 Å². The van der Waals surface area contributed by atoms with E-state index in [9.17, 15) is 4.79 Å². The van der Waals surface area contributed by atoms with E-state index in [1.807, 2.05) is 0 Å². The van der Waals surface area contributed by atoms with Gasteiger partial charge in [-0.25, -0.2) is 4.79 Å². The molecule has 1 aromatic rings. The van der Waals surface area contributed by atoms with Gasteiger partial charge in [-0.15, -0.1) is 0 Å². The number of urea groups is 1. The van der Waals surface area contributed by atoms with Crippen LogP contribution in [0.15, 0.2) is 24.3 Å². The lowest BCUT2D eigenvalue weighted by Gasteiger charge is -2.23. The quantitative estimate of drug-likeness (QED) is 0.853. The summed E-state index contributed by atoms with van der Waals surface area (Å²) in [7, 11) is 1.70. The van der Waals surface area contributed by atoms with Crippen molar-refractivity contribution in [2.45, 2.75) is 25.8 Å². The van der Waals surface area contributed by atoms with Gasteiger partial charge in [0, 0.05) is 13.6 Å². The molecule has 4 heteroatoms. The monoisotopic (exact) mass is 262 g/mol. The van der Waals surface area contributed by atoms with Crippen molar-refractivity contribution < 1.29 is 9.90 Å². The molecular formula is C15H22N2O2. The van der Waals surface area contributed by atoms with E-state index in [0.29, 0.717) is 12.5 Å². The number of benzene rings is 1. The third-order valence-electron chi connectivity index (χ3n) is 3.59. The Balaban J connectivity index is 2.04. The molecule has 0 saturated heterocycles. The van der Waals surface area contributed by atoms with Crippen LogP contribution in [0.3, 0.4) is 0 Å². The summed E-state index contributed by atoms with van der Waals surface area (Å²) >= 11 is 0. The maximum Gasteiger partial charge on any atom is 0.317 e. The summed E-state index contributed by atoms with van der Waals surface area (Å²) in [5, 5.41) is 11.9. The summed E-state index contributed by atoms with van der Waals surface area (Å²) in [6, 6.07) is 8.30. The molecule has 1 atom stereocenters. The Hall–Kier alpha value is -1.55. The first-order valence-corrected chi connectivity index (χ1v) is 6.81. The van der Waals surface area contributed by atoms with E-state index >= 15 is 0 Å². The summed E-state index contributed by atoms with van der Waals surface area (Å²) in [6.45, 7) is 2.41. The number of amides is 2. The summed E-state index contributed by atoms with van der Waals surface area (Å²) < 4.78 is 0. The Morgan fingerprint density at radius 2 is 2.05 bits per heavy atom. The topological polar surface area (TPSA) is 52.6 Å². The third kappa shape index (κ3) is 3.70. The Bertz CT molecular complexity index is 426. The van der Waals surface area contributed by atoms with Gasteiger partial charge in [0.15, 0.2) is 0 Å². The molecule has 0 radical (unpaired) electrons. The van der Waals surface area contributed by atoms with Crippen LogP contribution in [-0.2, 0) is 0 Å². The molecule has 0 heterocycles. The average Bonchev–Trinajstić information content (AvgIpc) is 3.21. The predicted molar refractivity (Wildman–Crippen MR) is 74.9 cm³/mol. The molecule has 1 saturated carbocycles. The van der Waals surface area contributed by atoms with Gasteiger partial charge in [0.25, 0.3) is 0 Å². The van der Waals surface area contributed by atoms with E-state index < -0.39 is 0 Å². The van der Waals surface area contributed by atoms with Crippen LogP contribution in [0.4, 0.5) is 4.79 Å². The summed E-state index contributed by atoms with van der Waals surface area (Å²) in [4.78, 5) is 13.5. The number of carbonyl (C=O) groups is 1. The summed E-state index contributed by atoms with van der Waals surface area (Å²) in [5.74, 6) is 0.550. The number of aryl methyl sites for hydroxylation is 1. The first-order chi connectivity index (χ1) is 9.11. The van der Waals surface area contributed by atoms with Crippen LogP contribution in [-0.4, -0.2) is 36.2 Å². The molecule has 1 aromatic carbocycles. The van der Waals surface area contributed by atoms with E-state index in [4.69, 9.17) is 5.11 Å². The number of likely N-dealkylation sites (N-methyl/N-ethyl adjacent to an activating group) is 1. The molecule has 0 aromatic heterocycles. The summed E-state index contributed by atoms with van der Waals surface area (Å²) in [6.07, 6.45) is 2.34. The second-order valence-corrected chi connectivity index (χ2v) is 5.32. The highest BCUT2D eigenvalue weighted by Gasteiger charge is 2.33. The Labute approximate surface area is 114 Å². The van der Waals surface area contributed by atoms with Crippen molar-refractivity contribution in [3.05, 3.63) is 35.4 Å². The number of nitrogens with zero attached hydrogens (tertiary/aromatic N) is 1. The minimum Gasteiger partial charge on any atom is -0.395 e. The molecule has 0 spiro atoms. The zero-order valence-electron chi connectivity index (χ0n) is 11.6. The SMILES string of the molecule is Cc1ccc(C(NC(=O)N(C)CCO)C2CC2)cc1. The van der Waals surface area contributed by atoms with Gasteiger partial charge < -0.3 is 15.3 Å². The molecule has 0 bridgehead atoms.